The third kappa shape index (κ3) is 2.06. The quantitative estimate of drug-likeness (QED) is 0.558. The molecule has 82 valence electrons. The number of rotatable bonds is 1. The average Bonchev–Trinajstić information content (AvgIpc) is 2.75. The van der Waals surface area contributed by atoms with E-state index in [0.29, 0.717) is 0 Å². The molecule has 0 amide bonds. The predicted octanol–water partition coefficient (Wildman–Crippen LogP) is 4.82. The van der Waals surface area contributed by atoms with E-state index in [1.165, 1.54) is 24.8 Å². The molecule has 15 heavy (non-hydrogen) atoms. The second kappa shape index (κ2) is 4.17. The Morgan fingerprint density at radius 3 is 2.27 bits per heavy atom. The van der Waals surface area contributed by atoms with Crippen LogP contribution >= 0.6 is 11.6 Å². The molecule has 0 nitrogen and oxygen atoms in total. The van der Waals surface area contributed by atoms with E-state index < -0.39 is 0 Å². The van der Waals surface area contributed by atoms with Gasteiger partial charge in [-0.15, -0.1) is 0 Å². The van der Waals surface area contributed by atoms with Crippen LogP contribution in [0, 0.1) is 11.8 Å². The number of hydrogen-bond acceptors (Lipinski definition) is 0. The maximum Gasteiger partial charge on any atom is 0.0179 e. The first-order valence-corrected chi connectivity index (χ1v) is 6.18. The fourth-order valence-corrected chi connectivity index (χ4v) is 2.94. The molecule has 2 unspecified atom stereocenters. The Balaban J connectivity index is 2.16. The molecule has 0 saturated heterocycles. The summed E-state index contributed by atoms with van der Waals surface area (Å²) in [5.74, 6) is 1.65. The van der Waals surface area contributed by atoms with Gasteiger partial charge < -0.3 is 0 Å². The molecule has 2 rings (SSSR count). The summed E-state index contributed by atoms with van der Waals surface area (Å²) in [5.41, 5.74) is 4.55. The molecular weight excluding hydrogens is 204 g/mol. The molecular formula is C14H19Cl. The van der Waals surface area contributed by atoms with E-state index in [1.54, 1.807) is 11.1 Å². The van der Waals surface area contributed by atoms with E-state index in [-0.39, 0.29) is 0 Å². The van der Waals surface area contributed by atoms with Crippen LogP contribution in [0.2, 0.25) is 0 Å². The van der Waals surface area contributed by atoms with Gasteiger partial charge >= 0.3 is 0 Å². The van der Waals surface area contributed by atoms with Crippen molar-refractivity contribution in [2.24, 2.45) is 11.8 Å². The zero-order chi connectivity index (χ0) is 11.0. The minimum absolute atomic E-state index is 0.812. The van der Waals surface area contributed by atoms with E-state index >= 15 is 0 Å². The lowest BCUT2D eigenvalue weighted by atomic mass is 9.89. The second-order valence-electron chi connectivity index (χ2n) is 4.84. The number of halogens is 1. The summed E-state index contributed by atoms with van der Waals surface area (Å²) in [7, 11) is 0. The van der Waals surface area contributed by atoms with E-state index in [0.717, 1.165) is 16.9 Å². The second-order valence-corrected chi connectivity index (χ2v) is 5.40. The topological polar surface area (TPSA) is 0 Å². The minimum Gasteiger partial charge on any atom is -0.0892 e. The van der Waals surface area contributed by atoms with Crippen molar-refractivity contribution in [3.8, 4) is 0 Å². The van der Waals surface area contributed by atoms with E-state index in [1.807, 2.05) is 6.92 Å². The normalized spacial score (nSPS) is 36.5. The van der Waals surface area contributed by atoms with Gasteiger partial charge in [0.25, 0.3) is 0 Å². The predicted molar refractivity (Wildman–Crippen MR) is 66.9 cm³/mol. The van der Waals surface area contributed by atoms with Crippen LogP contribution in [-0.4, -0.2) is 0 Å². The Hall–Kier alpha value is -0.490. The summed E-state index contributed by atoms with van der Waals surface area (Å²) >= 11 is 5.99. The SMILES string of the molecule is CC=C1CC2CC1CC2=CC(C)=C(C)Cl. The fourth-order valence-electron chi connectivity index (χ4n) is 2.89. The van der Waals surface area contributed by atoms with Crippen LogP contribution in [0.1, 0.15) is 40.0 Å². The van der Waals surface area contributed by atoms with Crippen LogP contribution in [0.5, 0.6) is 0 Å². The number of allylic oxidation sites excluding steroid dienone is 6. The maximum absolute atomic E-state index is 5.99. The molecule has 0 aromatic carbocycles. The Labute approximate surface area is 97.7 Å². The van der Waals surface area contributed by atoms with Gasteiger partial charge in [-0.25, -0.2) is 0 Å². The molecule has 2 aliphatic carbocycles. The average molecular weight is 223 g/mol. The lowest BCUT2D eigenvalue weighted by molar-refractivity contribution is 0.686. The highest BCUT2D eigenvalue weighted by atomic mass is 35.5. The van der Waals surface area contributed by atoms with Gasteiger partial charge in [-0.3, -0.25) is 0 Å². The summed E-state index contributed by atoms with van der Waals surface area (Å²) in [4.78, 5) is 0. The highest BCUT2D eigenvalue weighted by Crippen LogP contribution is 2.51. The standard InChI is InChI=1S/C14H19Cl/c1-4-11-6-14-8-13(11)7-12(14)5-9(2)10(3)15/h4-5,13-14H,6-8H2,1-3H3. The Morgan fingerprint density at radius 1 is 1.20 bits per heavy atom. The monoisotopic (exact) mass is 222 g/mol. The van der Waals surface area contributed by atoms with Crippen molar-refractivity contribution in [1.82, 2.24) is 0 Å². The molecule has 2 aliphatic rings. The number of fused-ring (bicyclic) bond motifs is 2. The molecule has 2 saturated carbocycles. The van der Waals surface area contributed by atoms with Gasteiger partial charge in [0.05, 0.1) is 0 Å². The summed E-state index contributed by atoms with van der Waals surface area (Å²) in [6.07, 6.45) is 8.57. The summed E-state index contributed by atoms with van der Waals surface area (Å²) in [6, 6.07) is 0. The highest BCUT2D eigenvalue weighted by Gasteiger charge is 2.38. The van der Waals surface area contributed by atoms with Crippen LogP contribution < -0.4 is 0 Å². The van der Waals surface area contributed by atoms with E-state index in [2.05, 4.69) is 26.0 Å². The molecule has 0 aromatic heterocycles. The Morgan fingerprint density at radius 2 is 1.80 bits per heavy atom. The van der Waals surface area contributed by atoms with Gasteiger partial charge in [-0.1, -0.05) is 34.9 Å². The lowest BCUT2D eigenvalue weighted by Gasteiger charge is -2.16. The third-order valence-corrected chi connectivity index (χ3v) is 4.20. The molecule has 0 N–H and O–H groups in total. The summed E-state index contributed by atoms with van der Waals surface area (Å²) in [6.45, 7) is 6.25. The lowest BCUT2D eigenvalue weighted by Crippen LogP contribution is -2.01. The van der Waals surface area contributed by atoms with Gasteiger partial charge in [-0.2, -0.15) is 0 Å². The molecule has 1 heteroatoms. The van der Waals surface area contributed by atoms with Gasteiger partial charge in [0, 0.05) is 5.03 Å². The molecule has 0 aromatic rings. The van der Waals surface area contributed by atoms with Crippen molar-refractivity contribution >= 4 is 11.6 Å². The first-order valence-electron chi connectivity index (χ1n) is 5.80. The van der Waals surface area contributed by atoms with Crippen molar-refractivity contribution in [2.45, 2.75) is 40.0 Å². The smallest absolute Gasteiger partial charge is 0.0179 e. The molecule has 0 radical (unpaired) electrons. The first-order chi connectivity index (χ1) is 7.11. The molecule has 2 bridgehead atoms. The third-order valence-electron chi connectivity index (χ3n) is 3.90. The Bertz CT molecular complexity index is 354. The van der Waals surface area contributed by atoms with Crippen molar-refractivity contribution in [3.05, 3.63) is 33.9 Å². The molecule has 2 atom stereocenters. The van der Waals surface area contributed by atoms with Crippen molar-refractivity contribution in [3.63, 3.8) is 0 Å². The highest BCUT2D eigenvalue weighted by molar-refractivity contribution is 6.29. The fraction of sp³-hybridized carbons (Fsp3) is 0.571. The molecule has 0 aliphatic heterocycles. The maximum atomic E-state index is 5.99. The zero-order valence-corrected chi connectivity index (χ0v) is 10.6. The largest absolute Gasteiger partial charge is 0.0892 e. The van der Waals surface area contributed by atoms with Crippen LogP contribution in [0.25, 0.3) is 0 Å². The van der Waals surface area contributed by atoms with Crippen molar-refractivity contribution in [1.29, 1.82) is 0 Å². The van der Waals surface area contributed by atoms with Crippen molar-refractivity contribution in [2.75, 3.05) is 0 Å². The minimum atomic E-state index is 0.812. The van der Waals surface area contributed by atoms with Crippen molar-refractivity contribution < 1.29 is 0 Å². The van der Waals surface area contributed by atoms with E-state index in [4.69, 9.17) is 11.6 Å². The van der Waals surface area contributed by atoms with Crippen LogP contribution in [0.15, 0.2) is 33.9 Å². The summed E-state index contributed by atoms with van der Waals surface area (Å²) < 4.78 is 0. The first kappa shape index (κ1) is 11.0. The number of hydrogen-bond donors (Lipinski definition) is 0. The van der Waals surface area contributed by atoms with Gasteiger partial charge in [-0.05, 0) is 57.4 Å². The van der Waals surface area contributed by atoms with Crippen LogP contribution in [0.4, 0.5) is 0 Å². The molecule has 0 spiro atoms. The summed E-state index contributed by atoms with van der Waals surface area (Å²) in [5, 5.41) is 0.927. The van der Waals surface area contributed by atoms with Gasteiger partial charge in [0.2, 0.25) is 0 Å². The molecule has 0 heterocycles. The van der Waals surface area contributed by atoms with Gasteiger partial charge in [0.1, 0.15) is 0 Å². The zero-order valence-electron chi connectivity index (χ0n) is 9.81. The van der Waals surface area contributed by atoms with E-state index in [9.17, 15) is 0 Å². The molecule has 2 fully saturated rings. The van der Waals surface area contributed by atoms with Crippen LogP contribution in [0.3, 0.4) is 0 Å². The van der Waals surface area contributed by atoms with Crippen LogP contribution in [-0.2, 0) is 0 Å². The Kier molecular flexibility index (Phi) is 3.06. The van der Waals surface area contributed by atoms with Gasteiger partial charge in [0.15, 0.2) is 0 Å².